The molecular weight excluding hydrogens is 374 g/mol. The Morgan fingerprint density at radius 2 is 1.86 bits per heavy atom. The van der Waals surface area contributed by atoms with Crippen LogP contribution in [0.3, 0.4) is 0 Å². The van der Waals surface area contributed by atoms with Gasteiger partial charge < -0.3 is 29.7 Å². The fourth-order valence-electron chi connectivity index (χ4n) is 3.00. The molecule has 0 bridgehead atoms. The Kier molecular flexibility index (Phi) is 6.91. The second-order valence-electron chi connectivity index (χ2n) is 6.45. The number of ether oxygens (including phenoxy) is 3. The second kappa shape index (κ2) is 9.79. The Balaban J connectivity index is 1.60. The average molecular weight is 399 g/mol. The fraction of sp³-hybridized carbons (Fsp3) is 0.333. The number of nitrogens with one attached hydrogen (secondary N) is 2. The van der Waals surface area contributed by atoms with Gasteiger partial charge in [0.2, 0.25) is 5.91 Å². The number of amides is 2. The summed E-state index contributed by atoms with van der Waals surface area (Å²) in [5, 5.41) is 5.85. The van der Waals surface area contributed by atoms with E-state index >= 15 is 0 Å². The van der Waals surface area contributed by atoms with Gasteiger partial charge in [0, 0.05) is 30.4 Å². The SMILES string of the molecule is COc1ccc(OC)c(NC(=O)CNc2cccc(C(=O)N3CCOCC3)c2)c1. The monoisotopic (exact) mass is 399 g/mol. The largest absolute Gasteiger partial charge is 0.497 e. The van der Waals surface area contributed by atoms with Crippen LogP contribution in [0.4, 0.5) is 11.4 Å². The fourth-order valence-corrected chi connectivity index (χ4v) is 3.00. The number of hydrogen-bond donors (Lipinski definition) is 2. The van der Waals surface area contributed by atoms with Gasteiger partial charge in [-0.25, -0.2) is 0 Å². The smallest absolute Gasteiger partial charge is 0.254 e. The molecule has 29 heavy (non-hydrogen) atoms. The van der Waals surface area contributed by atoms with Gasteiger partial charge in [0.25, 0.3) is 5.91 Å². The molecule has 0 saturated carbocycles. The van der Waals surface area contributed by atoms with Crippen LogP contribution in [-0.4, -0.2) is 63.8 Å². The summed E-state index contributed by atoms with van der Waals surface area (Å²) in [5.74, 6) is 0.865. The third-order valence-corrected chi connectivity index (χ3v) is 4.54. The lowest BCUT2D eigenvalue weighted by Gasteiger charge is -2.27. The van der Waals surface area contributed by atoms with Crippen molar-refractivity contribution in [2.75, 3.05) is 57.7 Å². The zero-order valence-electron chi connectivity index (χ0n) is 16.6. The zero-order chi connectivity index (χ0) is 20.6. The maximum Gasteiger partial charge on any atom is 0.254 e. The summed E-state index contributed by atoms with van der Waals surface area (Å²) >= 11 is 0. The van der Waals surface area contributed by atoms with E-state index in [4.69, 9.17) is 14.2 Å². The van der Waals surface area contributed by atoms with E-state index in [0.717, 1.165) is 0 Å². The quantitative estimate of drug-likeness (QED) is 0.742. The Hall–Kier alpha value is -3.26. The van der Waals surface area contributed by atoms with Crippen LogP contribution < -0.4 is 20.1 Å². The molecule has 0 atom stereocenters. The number of hydrogen-bond acceptors (Lipinski definition) is 6. The summed E-state index contributed by atoms with van der Waals surface area (Å²) in [6, 6.07) is 12.3. The molecule has 1 heterocycles. The number of anilines is 2. The van der Waals surface area contributed by atoms with Gasteiger partial charge in [0.05, 0.1) is 39.7 Å². The lowest BCUT2D eigenvalue weighted by molar-refractivity contribution is -0.114. The topological polar surface area (TPSA) is 89.1 Å². The first-order valence-corrected chi connectivity index (χ1v) is 9.33. The maximum atomic E-state index is 12.6. The van der Waals surface area contributed by atoms with E-state index in [0.29, 0.717) is 54.7 Å². The van der Waals surface area contributed by atoms with Crippen LogP contribution in [0, 0.1) is 0 Å². The van der Waals surface area contributed by atoms with Crippen LogP contribution in [0.15, 0.2) is 42.5 Å². The molecule has 2 amide bonds. The van der Waals surface area contributed by atoms with Gasteiger partial charge in [0.15, 0.2) is 0 Å². The van der Waals surface area contributed by atoms with Gasteiger partial charge in [-0.2, -0.15) is 0 Å². The lowest BCUT2D eigenvalue weighted by Crippen LogP contribution is -2.40. The van der Waals surface area contributed by atoms with Gasteiger partial charge in [-0.05, 0) is 30.3 Å². The number of carbonyl (C=O) groups is 2. The highest BCUT2D eigenvalue weighted by Crippen LogP contribution is 2.28. The van der Waals surface area contributed by atoms with Gasteiger partial charge in [-0.1, -0.05) is 6.07 Å². The molecule has 8 heteroatoms. The van der Waals surface area contributed by atoms with Crippen molar-refractivity contribution in [1.29, 1.82) is 0 Å². The molecule has 2 N–H and O–H groups in total. The predicted molar refractivity (Wildman–Crippen MR) is 110 cm³/mol. The lowest BCUT2D eigenvalue weighted by atomic mass is 10.1. The summed E-state index contributed by atoms with van der Waals surface area (Å²) < 4.78 is 15.7. The van der Waals surface area contributed by atoms with E-state index in [1.165, 1.54) is 7.11 Å². The molecule has 0 radical (unpaired) electrons. The molecule has 0 aromatic heterocycles. The minimum Gasteiger partial charge on any atom is -0.497 e. The second-order valence-corrected chi connectivity index (χ2v) is 6.45. The van der Waals surface area contributed by atoms with Crippen molar-refractivity contribution in [3.8, 4) is 11.5 Å². The minimum absolute atomic E-state index is 0.0373. The Bertz CT molecular complexity index is 865. The highest BCUT2D eigenvalue weighted by Gasteiger charge is 2.18. The van der Waals surface area contributed by atoms with Crippen molar-refractivity contribution in [3.05, 3.63) is 48.0 Å². The summed E-state index contributed by atoms with van der Waals surface area (Å²) in [7, 11) is 3.09. The Labute approximate surface area is 169 Å². The predicted octanol–water partition coefficient (Wildman–Crippen LogP) is 2.23. The van der Waals surface area contributed by atoms with Crippen molar-refractivity contribution >= 4 is 23.2 Å². The van der Waals surface area contributed by atoms with Gasteiger partial charge in [-0.3, -0.25) is 9.59 Å². The first-order valence-electron chi connectivity index (χ1n) is 9.33. The third-order valence-electron chi connectivity index (χ3n) is 4.54. The maximum absolute atomic E-state index is 12.6. The van der Waals surface area contributed by atoms with E-state index < -0.39 is 0 Å². The molecule has 0 aliphatic carbocycles. The molecule has 154 valence electrons. The molecular formula is C21H25N3O5. The molecule has 2 aromatic carbocycles. The number of nitrogens with zero attached hydrogens (tertiary/aromatic N) is 1. The normalized spacial score (nSPS) is 13.5. The molecule has 0 unspecified atom stereocenters. The summed E-state index contributed by atoms with van der Waals surface area (Å²) in [5.41, 5.74) is 1.79. The molecule has 3 rings (SSSR count). The number of benzene rings is 2. The molecule has 8 nitrogen and oxygen atoms in total. The third kappa shape index (κ3) is 5.39. The summed E-state index contributed by atoms with van der Waals surface area (Å²) in [6.45, 7) is 2.31. The van der Waals surface area contributed by atoms with E-state index in [1.807, 2.05) is 6.07 Å². The molecule has 1 aliphatic rings. The van der Waals surface area contributed by atoms with Crippen LogP contribution in [0.25, 0.3) is 0 Å². The van der Waals surface area contributed by atoms with E-state index in [2.05, 4.69) is 10.6 Å². The van der Waals surface area contributed by atoms with Gasteiger partial charge >= 0.3 is 0 Å². The summed E-state index contributed by atoms with van der Waals surface area (Å²) in [4.78, 5) is 26.7. The summed E-state index contributed by atoms with van der Waals surface area (Å²) in [6.07, 6.45) is 0. The van der Waals surface area contributed by atoms with Crippen LogP contribution in [0.5, 0.6) is 11.5 Å². The van der Waals surface area contributed by atoms with Gasteiger partial charge in [-0.15, -0.1) is 0 Å². The van der Waals surface area contributed by atoms with E-state index in [-0.39, 0.29) is 18.4 Å². The molecule has 1 aliphatic heterocycles. The van der Waals surface area contributed by atoms with Crippen molar-refractivity contribution < 1.29 is 23.8 Å². The van der Waals surface area contributed by atoms with Crippen molar-refractivity contribution in [1.82, 2.24) is 4.90 Å². The van der Waals surface area contributed by atoms with Crippen molar-refractivity contribution in [3.63, 3.8) is 0 Å². The van der Waals surface area contributed by atoms with E-state index in [9.17, 15) is 9.59 Å². The number of rotatable bonds is 7. The number of carbonyl (C=O) groups excluding carboxylic acids is 2. The molecule has 0 spiro atoms. The highest BCUT2D eigenvalue weighted by atomic mass is 16.5. The van der Waals surface area contributed by atoms with Crippen molar-refractivity contribution in [2.45, 2.75) is 0 Å². The van der Waals surface area contributed by atoms with Crippen LogP contribution >= 0.6 is 0 Å². The van der Waals surface area contributed by atoms with E-state index in [1.54, 1.807) is 48.4 Å². The minimum atomic E-state index is -0.249. The zero-order valence-corrected chi connectivity index (χ0v) is 16.6. The average Bonchev–Trinajstić information content (AvgIpc) is 2.78. The van der Waals surface area contributed by atoms with Crippen LogP contribution in [0.1, 0.15) is 10.4 Å². The molecule has 1 saturated heterocycles. The molecule has 2 aromatic rings. The first-order chi connectivity index (χ1) is 14.1. The molecule has 1 fully saturated rings. The number of methoxy groups -OCH3 is 2. The van der Waals surface area contributed by atoms with Crippen molar-refractivity contribution in [2.24, 2.45) is 0 Å². The first kappa shape index (κ1) is 20.5. The Morgan fingerprint density at radius 3 is 2.59 bits per heavy atom. The number of morpholine rings is 1. The van der Waals surface area contributed by atoms with Crippen LogP contribution in [-0.2, 0) is 9.53 Å². The van der Waals surface area contributed by atoms with Crippen LogP contribution in [0.2, 0.25) is 0 Å². The van der Waals surface area contributed by atoms with Gasteiger partial charge in [0.1, 0.15) is 11.5 Å². The Morgan fingerprint density at radius 1 is 1.07 bits per heavy atom. The highest BCUT2D eigenvalue weighted by molar-refractivity contribution is 5.97. The standard InChI is InChI=1S/C21H25N3O5/c1-27-17-6-7-19(28-2)18(13-17)23-20(25)14-22-16-5-3-4-15(12-16)21(26)24-8-10-29-11-9-24/h3-7,12-13,22H,8-11,14H2,1-2H3,(H,23,25).